The molecule has 1 rings (SSSR count). The van der Waals surface area contributed by atoms with Crippen molar-refractivity contribution in [2.45, 2.75) is 30.7 Å². The molecule has 19 heavy (non-hydrogen) atoms. The minimum Gasteiger partial charge on any atom is -0.409 e. The van der Waals surface area contributed by atoms with Crippen molar-refractivity contribution in [2.75, 3.05) is 0 Å². The molecule has 4 N–H and O–H groups in total. The Balaban J connectivity index is 3.20. The number of rotatable bonds is 5. The van der Waals surface area contributed by atoms with Crippen molar-refractivity contribution in [3.63, 3.8) is 0 Å². The Labute approximate surface area is 111 Å². The van der Waals surface area contributed by atoms with Crippen molar-refractivity contribution < 1.29 is 18.0 Å². The van der Waals surface area contributed by atoms with E-state index in [0.29, 0.717) is 0 Å². The smallest absolute Gasteiger partial charge is 0.244 e. The first-order valence-electron chi connectivity index (χ1n) is 5.53. The molecule has 8 heteroatoms. The summed E-state index contributed by atoms with van der Waals surface area (Å²) in [6.07, 6.45) is 0.233. The summed E-state index contributed by atoms with van der Waals surface area (Å²) in [6.45, 7) is 3.10. The van der Waals surface area contributed by atoms with E-state index in [2.05, 4.69) is 9.88 Å². The molecule has 0 aromatic heterocycles. The Bertz CT molecular complexity index is 589. The highest BCUT2D eigenvalue weighted by Crippen LogP contribution is 2.18. The van der Waals surface area contributed by atoms with Crippen LogP contribution in [0.1, 0.15) is 20.3 Å². The Morgan fingerprint density at radius 1 is 1.53 bits per heavy atom. The van der Waals surface area contributed by atoms with Gasteiger partial charge in [0.15, 0.2) is 5.84 Å². The molecule has 0 radical (unpaired) electrons. The van der Waals surface area contributed by atoms with Gasteiger partial charge in [0.25, 0.3) is 0 Å². The van der Waals surface area contributed by atoms with Gasteiger partial charge in [-0.3, -0.25) is 0 Å². The van der Waals surface area contributed by atoms with E-state index in [-0.39, 0.29) is 12.3 Å². The lowest BCUT2D eigenvalue weighted by atomic mass is 10.00. The molecular formula is C11H16FN3O3S. The third kappa shape index (κ3) is 3.21. The molecule has 0 heterocycles. The van der Waals surface area contributed by atoms with Crippen LogP contribution in [0.25, 0.3) is 0 Å². The summed E-state index contributed by atoms with van der Waals surface area (Å²) in [4.78, 5) is -0.486. The van der Waals surface area contributed by atoms with Crippen molar-refractivity contribution in [1.29, 1.82) is 0 Å². The van der Waals surface area contributed by atoms with Crippen LogP contribution in [-0.2, 0) is 10.0 Å². The normalized spacial score (nSPS) is 16.1. The van der Waals surface area contributed by atoms with Crippen LogP contribution < -0.4 is 10.5 Å². The van der Waals surface area contributed by atoms with Gasteiger partial charge >= 0.3 is 0 Å². The molecule has 0 aliphatic rings. The summed E-state index contributed by atoms with van der Waals surface area (Å²) in [6, 6.07) is 4.97. The highest BCUT2D eigenvalue weighted by atomic mass is 32.2. The number of benzene rings is 1. The lowest BCUT2D eigenvalue weighted by Crippen LogP contribution is -2.54. The van der Waals surface area contributed by atoms with Crippen LogP contribution in [0.4, 0.5) is 4.39 Å². The summed E-state index contributed by atoms with van der Waals surface area (Å²) in [5.41, 5.74) is 4.17. The number of oxime groups is 1. The van der Waals surface area contributed by atoms with Crippen molar-refractivity contribution in [3.8, 4) is 0 Å². The maximum Gasteiger partial charge on any atom is 0.244 e. The first kappa shape index (κ1) is 15.4. The van der Waals surface area contributed by atoms with E-state index in [1.54, 1.807) is 6.92 Å². The zero-order valence-corrected chi connectivity index (χ0v) is 11.4. The molecule has 0 saturated heterocycles. The fourth-order valence-corrected chi connectivity index (χ4v) is 2.96. The second-order valence-electron chi connectivity index (χ2n) is 4.21. The molecule has 1 atom stereocenters. The molecule has 0 saturated carbocycles. The van der Waals surface area contributed by atoms with Gasteiger partial charge in [-0.2, -0.15) is 4.72 Å². The molecule has 0 aliphatic heterocycles. The predicted octanol–water partition coefficient (Wildman–Crippen LogP) is 1.02. The standard InChI is InChI=1S/C11H16FN3O3S/c1-3-11(2,10(13)14-16)15-19(17,18)9-7-5-4-6-8(9)12/h4-7,15-16H,3H2,1-2H3,(H2,13,14). The molecule has 0 amide bonds. The molecule has 0 bridgehead atoms. The zero-order chi connectivity index (χ0) is 14.7. The van der Waals surface area contributed by atoms with Crippen molar-refractivity contribution in [2.24, 2.45) is 10.9 Å². The number of nitrogens with one attached hydrogen (secondary N) is 1. The molecule has 0 spiro atoms. The van der Waals surface area contributed by atoms with Crippen molar-refractivity contribution in [1.82, 2.24) is 4.72 Å². The van der Waals surface area contributed by atoms with Gasteiger partial charge < -0.3 is 10.9 Å². The highest BCUT2D eigenvalue weighted by Gasteiger charge is 2.34. The monoisotopic (exact) mass is 289 g/mol. The SMILES string of the molecule is CCC(C)(NS(=O)(=O)c1ccccc1F)/C(N)=N/O. The maximum atomic E-state index is 13.5. The van der Waals surface area contributed by atoms with E-state index in [1.807, 2.05) is 0 Å². The van der Waals surface area contributed by atoms with Crippen LogP contribution in [0.15, 0.2) is 34.3 Å². The maximum absolute atomic E-state index is 13.5. The van der Waals surface area contributed by atoms with Crippen LogP contribution >= 0.6 is 0 Å². The second kappa shape index (κ2) is 5.54. The third-order valence-electron chi connectivity index (χ3n) is 2.87. The average Bonchev–Trinajstić information content (AvgIpc) is 2.37. The summed E-state index contributed by atoms with van der Waals surface area (Å²) in [7, 11) is -4.11. The van der Waals surface area contributed by atoms with E-state index >= 15 is 0 Å². The van der Waals surface area contributed by atoms with E-state index in [9.17, 15) is 12.8 Å². The van der Waals surface area contributed by atoms with Crippen LogP contribution in [0, 0.1) is 5.82 Å². The van der Waals surface area contributed by atoms with Gasteiger partial charge in [-0.15, -0.1) is 0 Å². The molecule has 1 aromatic rings. The van der Waals surface area contributed by atoms with Crippen LogP contribution in [0.2, 0.25) is 0 Å². The lowest BCUT2D eigenvalue weighted by molar-refractivity contribution is 0.310. The topological polar surface area (TPSA) is 105 Å². The zero-order valence-electron chi connectivity index (χ0n) is 10.6. The quantitative estimate of drug-likeness (QED) is 0.326. The van der Waals surface area contributed by atoms with Gasteiger partial charge in [0, 0.05) is 0 Å². The Kier molecular flexibility index (Phi) is 4.48. The number of halogens is 1. The van der Waals surface area contributed by atoms with Crippen molar-refractivity contribution in [3.05, 3.63) is 30.1 Å². The third-order valence-corrected chi connectivity index (χ3v) is 4.50. The Hall–Kier alpha value is -1.67. The average molecular weight is 289 g/mol. The Morgan fingerprint density at radius 3 is 2.58 bits per heavy atom. The number of sulfonamides is 1. The van der Waals surface area contributed by atoms with E-state index in [0.717, 1.165) is 12.1 Å². The van der Waals surface area contributed by atoms with Gasteiger partial charge in [-0.05, 0) is 25.5 Å². The Morgan fingerprint density at radius 2 is 2.11 bits per heavy atom. The lowest BCUT2D eigenvalue weighted by Gasteiger charge is -2.27. The number of nitrogens with two attached hydrogens (primary N) is 1. The fourth-order valence-electron chi connectivity index (χ4n) is 1.43. The number of hydrogen-bond donors (Lipinski definition) is 3. The van der Waals surface area contributed by atoms with Crippen molar-refractivity contribution >= 4 is 15.9 Å². The van der Waals surface area contributed by atoms with Gasteiger partial charge in [-0.25, -0.2) is 12.8 Å². The highest BCUT2D eigenvalue weighted by molar-refractivity contribution is 7.89. The van der Waals surface area contributed by atoms with E-state index in [4.69, 9.17) is 10.9 Å². The molecule has 0 fully saturated rings. The van der Waals surface area contributed by atoms with Gasteiger partial charge in [0.1, 0.15) is 10.7 Å². The first-order valence-corrected chi connectivity index (χ1v) is 7.01. The second-order valence-corrected chi connectivity index (χ2v) is 5.86. The summed E-state index contributed by atoms with van der Waals surface area (Å²) < 4.78 is 40.0. The minimum atomic E-state index is -4.11. The summed E-state index contributed by atoms with van der Waals surface area (Å²) in [5, 5.41) is 11.5. The first-order chi connectivity index (χ1) is 8.77. The van der Waals surface area contributed by atoms with Gasteiger partial charge in [0.2, 0.25) is 10.0 Å². The number of hydrogen-bond acceptors (Lipinski definition) is 4. The molecule has 106 valence electrons. The molecule has 6 nitrogen and oxygen atoms in total. The predicted molar refractivity (Wildman–Crippen MR) is 68.8 cm³/mol. The molecule has 1 aromatic carbocycles. The largest absolute Gasteiger partial charge is 0.409 e. The number of nitrogens with zero attached hydrogens (tertiary/aromatic N) is 1. The summed E-state index contributed by atoms with van der Waals surface area (Å²) in [5.74, 6) is -1.16. The van der Waals surface area contributed by atoms with E-state index < -0.39 is 26.3 Å². The van der Waals surface area contributed by atoms with Crippen LogP contribution in [0.3, 0.4) is 0 Å². The van der Waals surface area contributed by atoms with Gasteiger partial charge in [0.05, 0.1) is 5.54 Å². The summed E-state index contributed by atoms with van der Waals surface area (Å²) >= 11 is 0. The molecular weight excluding hydrogens is 273 g/mol. The molecule has 1 unspecified atom stereocenters. The van der Waals surface area contributed by atoms with Gasteiger partial charge in [-0.1, -0.05) is 24.2 Å². The fraction of sp³-hybridized carbons (Fsp3) is 0.364. The molecule has 0 aliphatic carbocycles. The number of amidine groups is 1. The minimum absolute atomic E-state index is 0.233. The van der Waals surface area contributed by atoms with Crippen LogP contribution in [-0.4, -0.2) is 25.0 Å². The van der Waals surface area contributed by atoms with E-state index in [1.165, 1.54) is 19.1 Å². The van der Waals surface area contributed by atoms with Crippen LogP contribution in [0.5, 0.6) is 0 Å².